The molecule has 1 aliphatic heterocycles. The third-order valence-corrected chi connectivity index (χ3v) is 8.62. The number of aromatic nitrogens is 2. The van der Waals surface area contributed by atoms with E-state index in [2.05, 4.69) is 14.9 Å². The molecule has 1 aliphatic rings. The number of para-hydroxylation sites is 1. The molecule has 0 spiro atoms. The molecule has 2 aromatic heterocycles. The van der Waals surface area contributed by atoms with E-state index in [-0.39, 0.29) is 16.6 Å². The molecule has 1 amide bonds. The summed E-state index contributed by atoms with van der Waals surface area (Å²) in [4.78, 5) is 27.1. The van der Waals surface area contributed by atoms with E-state index in [4.69, 9.17) is 0 Å². The fourth-order valence-electron chi connectivity index (χ4n) is 4.14. The maximum absolute atomic E-state index is 13.1. The monoisotopic (exact) mass is 492 g/mol. The van der Waals surface area contributed by atoms with Crippen LogP contribution in [0.25, 0.3) is 10.9 Å². The Kier molecular flexibility index (Phi) is 6.05. The fourth-order valence-corrected chi connectivity index (χ4v) is 6.49. The van der Waals surface area contributed by atoms with E-state index >= 15 is 0 Å². The molecule has 34 heavy (non-hydrogen) atoms. The first kappa shape index (κ1) is 22.5. The SMILES string of the molecule is Cc1cnc(N2CCN(C(=O)c3ccc(CS(=O)(=O)c4cccc5cccnc45)cc3)CC2)s1. The Morgan fingerprint density at radius 2 is 1.71 bits per heavy atom. The Morgan fingerprint density at radius 1 is 0.971 bits per heavy atom. The summed E-state index contributed by atoms with van der Waals surface area (Å²) in [6, 6.07) is 15.7. The molecule has 7 nitrogen and oxygen atoms in total. The van der Waals surface area contributed by atoms with Crippen LogP contribution in [-0.4, -0.2) is 55.4 Å². The molecule has 2 aromatic carbocycles. The van der Waals surface area contributed by atoms with Gasteiger partial charge in [0.25, 0.3) is 5.91 Å². The number of sulfone groups is 1. The lowest BCUT2D eigenvalue weighted by Crippen LogP contribution is -2.48. The Hall–Kier alpha value is -3.30. The van der Waals surface area contributed by atoms with Gasteiger partial charge in [-0.25, -0.2) is 13.4 Å². The largest absolute Gasteiger partial charge is 0.345 e. The van der Waals surface area contributed by atoms with Crippen LogP contribution in [-0.2, 0) is 15.6 Å². The summed E-state index contributed by atoms with van der Waals surface area (Å²) in [5.41, 5.74) is 1.67. The summed E-state index contributed by atoms with van der Waals surface area (Å²) in [5.74, 6) is -0.189. The Balaban J connectivity index is 1.26. The average Bonchev–Trinajstić information content (AvgIpc) is 3.30. The molecule has 9 heteroatoms. The lowest BCUT2D eigenvalue weighted by Gasteiger charge is -2.34. The van der Waals surface area contributed by atoms with Crippen LogP contribution in [0.5, 0.6) is 0 Å². The van der Waals surface area contributed by atoms with Gasteiger partial charge in [-0.15, -0.1) is 11.3 Å². The highest BCUT2D eigenvalue weighted by Gasteiger charge is 2.24. The molecule has 0 radical (unpaired) electrons. The quantitative estimate of drug-likeness (QED) is 0.420. The van der Waals surface area contributed by atoms with Crippen molar-refractivity contribution in [2.45, 2.75) is 17.6 Å². The molecule has 174 valence electrons. The van der Waals surface area contributed by atoms with Crippen molar-refractivity contribution in [2.75, 3.05) is 31.1 Å². The third-order valence-electron chi connectivity index (χ3n) is 5.93. The van der Waals surface area contributed by atoms with Gasteiger partial charge in [0.1, 0.15) is 0 Å². The molecular weight excluding hydrogens is 468 g/mol. The number of piperazine rings is 1. The number of pyridine rings is 1. The zero-order valence-corrected chi connectivity index (χ0v) is 20.3. The number of carbonyl (C=O) groups is 1. The topological polar surface area (TPSA) is 83.5 Å². The zero-order valence-electron chi connectivity index (χ0n) is 18.7. The van der Waals surface area contributed by atoms with E-state index in [0.29, 0.717) is 29.7 Å². The molecule has 0 atom stereocenters. The van der Waals surface area contributed by atoms with Crippen LogP contribution in [0.3, 0.4) is 0 Å². The summed E-state index contributed by atoms with van der Waals surface area (Å²) >= 11 is 1.66. The lowest BCUT2D eigenvalue weighted by molar-refractivity contribution is 0.0746. The van der Waals surface area contributed by atoms with E-state index < -0.39 is 9.84 Å². The van der Waals surface area contributed by atoms with E-state index in [1.165, 1.54) is 4.88 Å². The molecule has 0 aliphatic carbocycles. The van der Waals surface area contributed by atoms with Crippen molar-refractivity contribution < 1.29 is 13.2 Å². The summed E-state index contributed by atoms with van der Waals surface area (Å²) in [7, 11) is -3.59. The van der Waals surface area contributed by atoms with Crippen LogP contribution < -0.4 is 4.90 Å². The van der Waals surface area contributed by atoms with Crippen LogP contribution in [0, 0.1) is 6.92 Å². The number of nitrogens with zero attached hydrogens (tertiary/aromatic N) is 4. The van der Waals surface area contributed by atoms with Crippen molar-refractivity contribution in [1.82, 2.24) is 14.9 Å². The number of rotatable bonds is 5. The van der Waals surface area contributed by atoms with Crippen molar-refractivity contribution in [3.05, 3.63) is 83.0 Å². The van der Waals surface area contributed by atoms with Gasteiger partial charge in [0.05, 0.1) is 16.2 Å². The Morgan fingerprint density at radius 3 is 2.41 bits per heavy atom. The minimum absolute atomic E-state index is 0.0392. The number of carbonyl (C=O) groups excluding carboxylic acids is 1. The Bertz CT molecular complexity index is 1440. The maximum atomic E-state index is 13.1. The zero-order chi connectivity index (χ0) is 23.7. The van der Waals surface area contributed by atoms with Gasteiger partial charge in [0.2, 0.25) is 0 Å². The van der Waals surface area contributed by atoms with Crippen LogP contribution in [0.4, 0.5) is 5.13 Å². The number of anilines is 1. The highest BCUT2D eigenvalue weighted by atomic mass is 32.2. The van der Waals surface area contributed by atoms with Gasteiger partial charge >= 0.3 is 0 Å². The second kappa shape index (κ2) is 9.15. The molecule has 1 saturated heterocycles. The summed E-state index contributed by atoms with van der Waals surface area (Å²) in [6.45, 7) is 4.78. The van der Waals surface area contributed by atoms with Crippen LogP contribution in [0.15, 0.2) is 71.9 Å². The van der Waals surface area contributed by atoms with E-state index in [1.54, 1.807) is 60.0 Å². The molecule has 0 unspecified atom stereocenters. The van der Waals surface area contributed by atoms with E-state index in [1.807, 2.05) is 30.2 Å². The molecule has 5 rings (SSSR count). The minimum Gasteiger partial charge on any atom is -0.345 e. The second-order valence-electron chi connectivity index (χ2n) is 8.32. The molecule has 0 saturated carbocycles. The highest BCUT2D eigenvalue weighted by molar-refractivity contribution is 7.90. The van der Waals surface area contributed by atoms with Gasteiger partial charge in [0.15, 0.2) is 15.0 Å². The minimum atomic E-state index is -3.59. The standard InChI is InChI=1S/C25H24N4O3S2/c1-18-16-27-25(33-18)29-14-12-28(13-15-29)24(30)21-9-7-19(8-10-21)17-34(31,32)22-6-2-4-20-5-3-11-26-23(20)22/h2-11,16H,12-15,17H2,1H3. The Labute approximate surface area is 202 Å². The number of thiazole rings is 1. The molecule has 0 bridgehead atoms. The number of amides is 1. The summed E-state index contributed by atoms with van der Waals surface area (Å²) in [5, 5.41) is 1.78. The smallest absolute Gasteiger partial charge is 0.253 e. The van der Waals surface area contributed by atoms with Gasteiger partial charge in [-0.2, -0.15) is 0 Å². The lowest BCUT2D eigenvalue weighted by atomic mass is 10.1. The summed E-state index contributed by atoms with van der Waals surface area (Å²) < 4.78 is 26.2. The number of aryl methyl sites for hydroxylation is 1. The van der Waals surface area contributed by atoms with Gasteiger partial charge in [-0.05, 0) is 36.8 Å². The van der Waals surface area contributed by atoms with Crippen molar-refractivity contribution in [2.24, 2.45) is 0 Å². The van der Waals surface area contributed by atoms with Crippen molar-refractivity contribution in [3.63, 3.8) is 0 Å². The maximum Gasteiger partial charge on any atom is 0.253 e. The molecule has 0 N–H and O–H groups in total. The molecular formula is C25H24N4O3S2. The van der Waals surface area contributed by atoms with E-state index in [0.717, 1.165) is 23.6 Å². The van der Waals surface area contributed by atoms with Crippen LogP contribution >= 0.6 is 11.3 Å². The number of hydrogen-bond donors (Lipinski definition) is 0. The molecule has 4 aromatic rings. The normalized spacial score (nSPS) is 14.5. The second-order valence-corrected chi connectivity index (χ2v) is 11.5. The highest BCUT2D eigenvalue weighted by Crippen LogP contribution is 2.25. The van der Waals surface area contributed by atoms with Crippen LogP contribution in [0.1, 0.15) is 20.8 Å². The summed E-state index contributed by atoms with van der Waals surface area (Å²) in [6.07, 6.45) is 3.47. The number of fused-ring (bicyclic) bond motifs is 1. The third kappa shape index (κ3) is 4.53. The first-order valence-corrected chi connectivity index (χ1v) is 13.5. The fraction of sp³-hybridized carbons (Fsp3) is 0.240. The van der Waals surface area contributed by atoms with E-state index in [9.17, 15) is 13.2 Å². The number of hydrogen-bond acceptors (Lipinski definition) is 7. The van der Waals surface area contributed by atoms with Crippen molar-refractivity contribution in [1.29, 1.82) is 0 Å². The predicted molar refractivity (Wildman–Crippen MR) is 134 cm³/mol. The molecule has 1 fully saturated rings. The predicted octanol–water partition coefficient (Wildman–Crippen LogP) is 3.94. The van der Waals surface area contributed by atoms with Gasteiger partial charge in [0, 0.05) is 54.4 Å². The van der Waals surface area contributed by atoms with Crippen LogP contribution in [0.2, 0.25) is 0 Å². The van der Waals surface area contributed by atoms with Crippen molar-refractivity contribution >= 4 is 43.1 Å². The van der Waals surface area contributed by atoms with Gasteiger partial charge in [-0.1, -0.05) is 30.3 Å². The molecule has 3 heterocycles. The van der Waals surface area contributed by atoms with Gasteiger partial charge < -0.3 is 9.80 Å². The van der Waals surface area contributed by atoms with Crippen molar-refractivity contribution in [3.8, 4) is 0 Å². The number of benzene rings is 2. The first-order chi connectivity index (χ1) is 16.4. The first-order valence-electron chi connectivity index (χ1n) is 11.0. The van der Waals surface area contributed by atoms with Gasteiger partial charge in [-0.3, -0.25) is 9.78 Å². The average molecular weight is 493 g/mol.